The number of aliphatic hydroxyl groups excluding tert-OH is 1. The molecule has 0 spiro atoms. The molecule has 1 aromatic rings. The van der Waals surface area contributed by atoms with Crippen LogP contribution in [0, 0.1) is 0 Å². The molecule has 20 heavy (non-hydrogen) atoms. The molecule has 1 aromatic heterocycles. The van der Waals surface area contributed by atoms with E-state index >= 15 is 0 Å². The Morgan fingerprint density at radius 2 is 2.50 bits per heavy atom. The van der Waals surface area contributed by atoms with Gasteiger partial charge in [0, 0.05) is 6.54 Å². The molecule has 0 saturated carbocycles. The van der Waals surface area contributed by atoms with E-state index in [1.807, 2.05) is 28.6 Å². The summed E-state index contributed by atoms with van der Waals surface area (Å²) >= 11 is 3.29. The number of nitrogen functional groups attached to an aromatic ring is 1. The zero-order valence-corrected chi connectivity index (χ0v) is 13.2. The van der Waals surface area contributed by atoms with Crippen LogP contribution < -0.4 is 11.1 Å². The van der Waals surface area contributed by atoms with Crippen LogP contribution in [-0.2, 0) is 6.54 Å². The van der Waals surface area contributed by atoms with Crippen LogP contribution in [0.4, 0.5) is 5.82 Å². The number of hydrogen-bond donors (Lipinski definition) is 3. The summed E-state index contributed by atoms with van der Waals surface area (Å²) in [6, 6.07) is 0.0390. The Balaban J connectivity index is 1.99. The molecule has 1 aliphatic heterocycles. The average molecular weight is 341 g/mol. The monoisotopic (exact) mass is 340 g/mol. The van der Waals surface area contributed by atoms with Gasteiger partial charge < -0.3 is 20.7 Å². The van der Waals surface area contributed by atoms with E-state index in [2.05, 4.69) is 26.2 Å². The number of nitrogens with zero attached hydrogens (tertiary/aromatic N) is 2. The van der Waals surface area contributed by atoms with Gasteiger partial charge in [-0.25, -0.2) is 4.98 Å². The van der Waals surface area contributed by atoms with Crippen molar-refractivity contribution >= 4 is 27.3 Å². The minimum absolute atomic E-state index is 0.0390. The Labute approximate surface area is 127 Å². The van der Waals surface area contributed by atoms with Crippen LogP contribution in [-0.4, -0.2) is 33.3 Å². The summed E-state index contributed by atoms with van der Waals surface area (Å²) in [4.78, 5) is 6.12. The summed E-state index contributed by atoms with van der Waals surface area (Å²) < 4.78 is 1.89. The Hall–Kier alpha value is -1.11. The summed E-state index contributed by atoms with van der Waals surface area (Å²) in [5.74, 6) is 0.653. The van der Waals surface area contributed by atoms with Crippen LogP contribution in [0.25, 0.3) is 5.57 Å². The van der Waals surface area contributed by atoms with Crippen LogP contribution in [0.15, 0.2) is 23.5 Å². The SMILES string of the molecule is C/C(=C\Br)c1ncn(C/C=C/[C@H]2NCCC[C@@H]2O)c1N. The molecular weight excluding hydrogens is 320 g/mol. The summed E-state index contributed by atoms with van der Waals surface area (Å²) in [5, 5.41) is 13.2. The Morgan fingerprint density at radius 1 is 1.70 bits per heavy atom. The fourth-order valence-electron chi connectivity index (χ4n) is 2.31. The molecule has 0 radical (unpaired) electrons. The second kappa shape index (κ2) is 7.06. The number of aliphatic hydroxyl groups is 1. The normalized spacial score (nSPS) is 24.4. The van der Waals surface area contributed by atoms with Crippen molar-refractivity contribution in [2.75, 3.05) is 12.3 Å². The van der Waals surface area contributed by atoms with E-state index < -0.39 is 0 Å². The average Bonchev–Trinajstić information content (AvgIpc) is 2.82. The topological polar surface area (TPSA) is 76.1 Å². The number of imidazole rings is 1. The standard InChI is InChI=1S/C14H21BrN4O/c1-10(8-15)13-14(16)19(9-18-13)7-3-4-11-12(20)5-2-6-17-11/h3-4,8-9,11-12,17,20H,2,5-7,16H2,1H3/b4-3+,10-8+/t11-,12+/m1/s1. The Kier molecular flexibility index (Phi) is 5.39. The molecular formula is C14H21BrN4O. The van der Waals surface area contributed by atoms with Gasteiger partial charge in [0.15, 0.2) is 0 Å². The molecule has 0 aliphatic carbocycles. The number of aromatic nitrogens is 2. The van der Waals surface area contributed by atoms with Gasteiger partial charge in [0.25, 0.3) is 0 Å². The van der Waals surface area contributed by atoms with Gasteiger partial charge >= 0.3 is 0 Å². The maximum atomic E-state index is 9.86. The van der Waals surface area contributed by atoms with Crippen molar-refractivity contribution in [2.24, 2.45) is 0 Å². The smallest absolute Gasteiger partial charge is 0.131 e. The number of hydrogen-bond acceptors (Lipinski definition) is 4. The van der Waals surface area contributed by atoms with Crippen molar-refractivity contribution < 1.29 is 5.11 Å². The van der Waals surface area contributed by atoms with Crippen molar-refractivity contribution in [1.29, 1.82) is 0 Å². The van der Waals surface area contributed by atoms with Crippen molar-refractivity contribution in [3.05, 3.63) is 29.2 Å². The second-order valence-electron chi connectivity index (χ2n) is 5.04. The maximum Gasteiger partial charge on any atom is 0.131 e. The zero-order chi connectivity index (χ0) is 14.5. The molecule has 6 heteroatoms. The molecule has 2 rings (SSSR count). The lowest BCUT2D eigenvalue weighted by atomic mass is 10.0. The summed E-state index contributed by atoms with van der Waals surface area (Å²) in [6.45, 7) is 3.56. The molecule has 0 bridgehead atoms. The first-order valence-electron chi connectivity index (χ1n) is 6.79. The highest BCUT2D eigenvalue weighted by atomic mass is 79.9. The molecule has 0 unspecified atom stereocenters. The summed E-state index contributed by atoms with van der Waals surface area (Å²) in [5.41, 5.74) is 7.86. The highest BCUT2D eigenvalue weighted by Gasteiger charge is 2.19. The number of rotatable bonds is 4. The third-order valence-electron chi connectivity index (χ3n) is 3.53. The summed E-state index contributed by atoms with van der Waals surface area (Å²) in [6.07, 6.45) is 7.35. The highest BCUT2D eigenvalue weighted by Crippen LogP contribution is 2.20. The van der Waals surface area contributed by atoms with E-state index in [-0.39, 0.29) is 12.1 Å². The predicted molar refractivity (Wildman–Crippen MR) is 85.4 cm³/mol. The van der Waals surface area contributed by atoms with Gasteiger partial charge in [-0.3, -0.25) is 0 Å². The molecule has 2 atom stereocenters. The van der Waals surface area contributed by atoms with Crippen LogP contribution in [0.2, 0.25) is 0 Å². The van der Waals surface area contributed by atoms with E-state index in [1.54, 1.807) is 6.33 Å². The van der Waals surface area contributed by atoms with Gasteiger partial charge in [-0.1, -0.05) is 28.1 Å². The van der Waals surface area contributed by atoms with E-state index in [9.17, 15) is 5.11 Å². The third kappa shape index (κ3) is 3.50. The van der Waals surface area contributed by atoms with Crippen molar-refractivity contribution in [1.82, 2.24) is 14.9 Å². The van der Waals surface area contributed by atoms with Crippen LogP contribution in [0.1, 0.15) is 25.5 Å². The molecule has 1 aliphatic rings. The van der Waals surface area contributed by atoms with E-state index in [0.717, 1.165) is 30.7 Å². The number of piperidine rings is 1. The Bertz CT molecular complexity index is 509. The first-order valence-corrected chi connectivity index (χ1v) is 7.71. The van der Waals surface area contributed by atoms with Crippen molar-refractivity contribution in [2.45, 2.75) is 38.5 Å². The Morgan fingerprint density at radius 3 is 3.20 bits per heavy atom. The molecule has 110 valence electrons. The highest BCUT2D eigenvalue weighted by molar-refractivity contribution is 9.11. The van der Waals surface area contributed by atoms with Gasteiger partial charge in [0.1, 0.15) is 11.5 Å². The molecule has 1 fully saturated rings. The van der Waals surface area contributed by atoms with E-state index in [0.29, 0.717) is 12.4 Å². The number of nitrogens with one attached hydrogen (secondary N) is 1. The zero-order valence-electron chi connectivity index (χ0n) is 11.6. The molecule has 0 amide bonds. The van der Waals surface area contributed by atoms with Crippen LogP contribution in [0.5, 0.6) is 0 Å². The van der Waals surface area contributed by atoms with Gasteiger partial charge in [-0.05, 0) is 36.9 Å². The van der Waals surface area contributed by atoms with Crippen LogP contribution in [0.3, 0.4) is 0 Å². The fourth-order valence-corrected chi connectivity index (χ4v) is 2.52. The van der Waals surface area contributed by atoms with Crippen molar-refractivity contribution in [3.8, 4) is 0 Å². The van der Waals surface area contributed by atoms with E-state index in [1.165, 1.54) is 0 Å². The number of anilines is 1. The minimum Gasteiger partial charge on any atom is -0.391 e. The molecule has 2 heterocycles. The maximum absolute atomic E-state index is 9.86. The third-order valence-corrected chi connectivity index (χ3v) is 4.22. The fraction of sp³-hybridized carbons (Fsp3) is 0.500. The summed E-state index contributed by atoms with van der Waals surface area (Å²) in [7, 11) is 0. The van der Waals surface area contributed by atoms with Crippen LogP contribution >= 0.6 is 15.9 Å². The first-order chi connectivity index (χ1) is 9.63. The van der Waals surface area contributed by atoms with Crippen molar-refractivity contribution in [3.63, 3.8) is 0 Å². The number of halogens is 1. The van der Waals surface area contributed by atoms with Gasteiger partial charge in [0.05, 0.1) is 18.5 Å². The van der Waals surface area contributed by atoms with Gasteiger partial charge in [0.2, 0.25) is 0 Å². The first kappa shape index (κ1) is 15.3. The number of nitrogens with two attached hydrogens (primary N) is 1. The molecule has 0 aromatic carbocycles. The molecule has 4 N–H and O–H groups in total. The number of allylic oxidation sites excluding steroid dienone is 2. The lowest BCUT2D eigenvalue weighted by Crippen LogP contribution is -2.43. The lowest BCUT2D eigenvalue weighted by Gasteiger charge is -2.26. The van der Waals surface area contributed by atoms with Gasteiger partial charge in [-0.15, -0.1) is 0 Å². The quantitative estimate of drug-likeness (QED) is 0.731. The molecule has 5 nitrogen and oxygen atoms in total. The van der Waals surface area contributed by atoms with E-state index in [4.69, 9.17) is 5.73 Å². The van der Waals surface area contributed by atoms with Gasteiger partial charge in [-0.2, -0.15) is 0 Å². The largest absolute Gasteiger partial charge is 0.391 e. The lowest BCUT2D eigenvalue weighted by molar-refractivity contribution is 0.115. The predicted octanol–water partition coefficient (Wildman–Crippen LogP) is 1.89. The molecule has 1 saturated heterocycles. The second-order valence-corrected chi connectivity index (χ2v) is 5.50. The minimum atomic E-state index is -0.297.